The summed E-state index contributed by atoms with van der Waals surface area (Å²) in [6.45, 7) is 35.1. The molecule has 1 aliphatic heterocycles. The highest BCUT2D eigenvalue weighted by atomic mass is 16.5. The van der Waals surface area contributed by atoms with E-state index in [2.05, 4.69) is 282 Å². The van der Waals surface area contributed by atoms with E-state index >= 15 is 0 Å². The van der Waals surface area contributed by atoms with Crippen molar-refractivity contribution in [2.45, 2.75) is 131 Å². The Morgan fingerprint density at radius 3 is 1.60 bits per heavy atom. The normalized spacial score (nSPS) is 13.6. The molecule has 0 spiro atoms. The molecule has 372 valence electrons. The second-order valence-electron chi connectivity index (χ2n) is 25.6. The highest BCUT2D eigenvalue weighted by Crippen LogP contribution is 2.48. The average Bonchev–Trinajstić information content (AvgIpc) is 3.88. The van der Waals surface area contributed by atoms with Crippen molar-refractivity contribution in [2.24, 2.45) is 0 Å². The predicted octanol–water partition coefficient (Wildman–Crippen LogP) is 19.0. The van der Waals surface area contributed by atoms with Gasteiger partial charge in [-0.25, -0.2) is 4.98 Å². The van der Waals surface area contributed by atoms with Crippen LogP contribution >= 0.6 is 0 Å². The Bertz CT molecular complexity index is 3490. The van der Waals surface area contributed by atoms with Crippen molar-refractivity contribution in [3.8, 4) is 39.6 Å². The highest BCUT2D eigenvalue weighted by Gasteiger charge is 2.32. The molecule has 0 aliphatic carbocycles. The van der Waals surface area contributed by atoms with E-state index in [9.17, 15) is 0 Å². The summed E-state index contributed by atoms with van der Waals surface area (Å²) >= 11 is 0. The Morgan fingerprint density at radius 1 is 0.397 bits per heavy atom. The molecular weight excluding hydrogens is 889 g/mol. The predicted molar refractivity (Wildman–Crippen MR) is 311 cm³/mol. The molecule has 2 aromatic heterocycles. The molecule has 0 atom stereocenters. The van der Waals surface area contributed by atoms with Gasteiger partial charge in [-0.3, -0.25) is 4.57 Å². The topological polar surface area (TPSA) is 33.5 Å². The van der Waals surface area contributed by atoms with Crippen LogP contribution in [0.5, 0.6) is 11.5 Å². The van der Waals surface area contributed by atoms with E-state index in [1.165, 1.54) is 61.3 Å². The Morgan fingerprint density at radius 2 is 0.973 bits per heavy atom. The molecular formula is C68H74N4O. The number of fused-ring (bicyclic) bond motifs is 4. The van der Waals surface area contributed by atoms with Crippen molar-refractivity contribution in [1.82, 2.24) is 9.55 Å². The van der Waals surface area contributed by atoms with Crippen molar-refractivity contribution in [3.63, 3.8) is 0 Å². The minimum absolute atomic E-state index is 0.0102. The summed E-state index contributed by atoms with van der Waals surface area (Å²) in [7, 11) is 0. The van der Waals surface area contributed by atoms with Gasteiger partial charge in [-0.1, -0.05) is 189 Å². The van der Waals surface area contributed by atoms with Crippen molar-refractivity contribution in [2.75, 3.05) is 16.5 Å². The van der Waals surface area contributed by atoms with Crippen LogP contribution in [-0.4, -0.2) is 16.2 Å². The van der Waals surface area contributed by atoms with E-state index < -0.39 is 0 Å². The van der Waals surface area contributed by atoms with Gasteiger partial charge in [0, 0.05) is 46.0 Å². The maximum atomic E-state index is 6.96. The van der Waals surface area contributed by atoms with E-state index in [1.54, 1.807) is 0 Å². The van der Waals surface area contributed by atoms with E-state index in [0.717, 1.165) is 50.7 Å². The average molecular weight is 963 g/mol. The zero-order chi connectivity index (χ0) is 52.0. The molecule has 0 saturated carbocycles. The fraction of sp³-hybridized carbons (Fsp3) is 0.309. The largest absolute Gasteiger partial charge is 0.457 e. The second kappa shape index (κ2) is 17.8. The standard InChI is InChI=1S/C68H74N4O/c1-64(2,3)47-27-24-45(25-28-47)57-42-69-63(41-58(57)68(13,14)15)72-60-38-48(65(4,5)6)29-31-55(60)56-32-30-54(40-61(56)72)73-53-23-19-22-51(39-53)70-43-71(52-36-49(66(7,8)9)35-50(37-52)67(10,11)12)59-33-26-46(34-62(59)70)44-20-17-16-18-21-44/h16-42H,43H2,1-15H3. The molecule has 0 N–H and O–H groups in total. The molecule has 10 rings (SSSR count). The quantitative estimate of drug-likeness (QED) is 0.159. The first-order chi connectivity index (χ1) is 34.3. The van der Waals surface area contributed by atoms with Crippen molar-refractivity contribution >= 4 is 44.6 Å². The first-order valence-electron chi connectivity index (χ1n) is 26.2. The molecule has 0 bridgehead atoms. The van der Waals surface area contributed by atoms with Crippen LogP contribution in [0.25, 0.3) is 49.9 Å². The van der Waals surface area contributed by atoms with Gasteiger partial charge in [0.15, 0.2) is 0 Å². The fourth-order valence-electron chi connectivity index (χ4n) is 10.3. The van der Waals surface area contributed by atoms with Crippen LogP contribution in [0.1, 0.15) is 132 Å². The molecule has 5 nitrogen and oxygen atoms in total. The van der Waals surface area contributed by atoms with Gasteiger partial charge in [0.05, 0.1) is 22.4 Å². The number of ether oxygens (including phenoxy) is 1. The summed E-state index contributed by atoms with van der Waals surface area (Å²) in [6.07, 6.45) is 2.09. The maximum Gasteiger partial charge on any atom is 0.137 e. The minimum atomic E-state index is -0.147. The third-order valence-electron chi connectivity index (χ3n) is 14.9. The van der Waals surface area contributed by atoms with Gasteiger partial charge in [0.2, 0.25) is 0 Å². The van der Waals surface area contributed by atoms with Gasteiger partial charge in [0.1, 0.15) is 24.0 Å². The molecule has 0 amide bonds. The summed E-state index contributed by atoms with van der Waals surface area (Å²) in [5, 5.41) is 2.35. The minimum Gasteiger partial charge on any atom is -0.457 e. The number of nitrogens with zero attached hydrogens (tertiary/aromatic N) is 4. The van der Waals surface area contributed by atoms with Gasteiger partial charge in [-0.2, -0.15) is 0 Å². The van der Waals surface area contributed by atoms with Crippen molar-refractivity contribution in [3.05, 3.63) is 192 Å². The van der Waals surface area contributed by atoms with Crippen LogP contribution < -0.4 is 14.5 Å². The smallest absolute Gasteiger partial charge is 0.137 e. The van der Waals surface area contributed by atoms with Crippen molar-refractivity contribution < 1.29 is 4.74 Å². The first kappa shape index (κ1) is 49.5. The lowest BCUT2D eigenvalue weighted by Gasteiger charge is -2.29. The summed E-state index contributed by atoms with van der Waals surface area (Å²) < 4.78 is 9.32. The molecule has 0 radical (unpaired) electrons. The third-order valence-corrected chi connectivity index (χ3v) is 14.9. The summed E-state index contributed by atoms with van der Waals surface area (Å²) in [5.74, 6) is 2.42. The number of rotatable bonds is 7. The van der Waals surface area contributed by atoms with Crippen LogP contribution in [0.15, 0.2) is 164 Å². The van der Waals surface area contributed by atoms with E-state index in [0.29, 0.717) is 6.67 Å². The summed E-state index contributed by atoms with van der Waals surface area (Å²) in [6, 6.07) is 58.2. The molecule has 73 heavy (non-hydrogen) atoms. The third kappa shape index (κ3) is 9.67. The Hall–Kier alpha value is -7.11. The van der Waals surface area contributed by atoms with Crippen LogP contribution in [0.2, 0.25) is 0 Å². The van der Waals surface area contributed by atoms with Crippen LogP contribution in [-0.2, 0) is 27.1 Å². The van der Waals surface area contributed by atoms with Crippen LogP contribution in [0, 0.1) is 0 Å². The molecule has 1 aliphatic rings. The molecule has 9 aromatic rings. The summed E-state index contributed by atoms with van der Waals surface area (Å²) in [4.78, 5) is 10.2. The van der Waals surface area contributed by atoms with Crippen LogP contribution in [0.3, 0.4) is 0 Å². The van der Waals surface area contributed by atoms with Gasteiger partial charge in [-0.15, -0.1) is 0 Å². The Balaban J connectivity index is 1.07. The fourth-order valence-corrected chi connectivity index (χ4v) is 10.3. The SMILES string of the molecule is CC(C)(C)c1ccc(-c2cnc(-n3c4cc(Oc5cccc(N6CN(c7cc(C(C)(C)C)cc(C(C)(C)C)c7)c7ccc(-c8ccccc8)cc76)c5)ccc4c4ccc(C(C)(C)C)cc43)cc2C(C)(C)C)cc1. The number of anilines is 4. The van der Waals surface area contributed by atoms with E-state index in [1.807, 2.05) is 0 Å². The van der Waals surface area contributed by atoms with Gasteiger partial charge >= 0.3 is 0 Å². The Kier molecular flexibility index (Phi) is 12.1. The van der Waals surface area contributed by atoms with Crippen molar-refractivity contribution in [1.29, 1.82) is 0 Å². The summed E-state index contributed by atoms with van der Waals surface area (Å²) in [5.41, 5.74) is 17.9. The first-order valence-corrected chi connectivity index (χ1v) is 26.2. The molecule has 7 aromatic carbocycles. The number of pyridine rings is 1. The zero-order valence-corrected chi connectivity index (χ0v) is 46.0. The second-order valence-corrected chi connectivity index (χ2v) is 25.6. The highest BCUT2D eigenvalue weighted by molar-refractivity contribution is 6.10. The van der Waals surface area contributed by atoms with E-state index in [-0.39, 0.29) is 27.1 Å². The molecule has 0 fully saturated rings. The lowest BCUT2D eigenvalue weighted by atomic mass is 9.80. The molecule has 0 unspecified atom stereocenters. The maximum absolute atomic E-state index is 6.96. The molecule has 0 saturated heterocycles. The lowest BCUT2D eigenvalue weighted by molar-refractivity contribution is 0.483. The Labute approximate surface area is 435 Å². The lowest BCUT2D eigenvalue weighted by Crippen LogP contribution is -2.25. The number of hydrogen-bond donors (Lipinski definition) is 0. The zero-order valence-electron chi connectivity index (χ0n) is 46.0. The number of hydrogen-bond acceptors (Lipinski definition) is 4. The molecule has 3 heterocycles. The van der Waals surface area contributed by atoms with Crippen LogP contribution in [0.4, 0.5) is 22.7 Å². The van der Waals surface area contributed by atoms with E-state index in [4.69, 9.17) is 9.72 Å². The monoisotopic (exact) mass is 963 g/mol. The van der Waals surface area contributed by atoms with Gasteiger partial charge < -0.3 is 14.5 Å². The van der Waals surface area contributed by atoms with Gasteiger partial charge in [-0.05, 0) is 132 Å². The number of benzene rings is 7. The number of aromatic nitrogens is 2. The molecule has 5 heteroatoms. The van der Waals surface area contributed by atoms with Gasteiger partial charge in [0.25, 0.3) is 0 Å².